The lowest BCUT2D eigenvalue weighted by atomic mass is 10.2. The molecule has 0 heterocycles. The first-order chi connectivity index (χ1) is 4.63. The van der Waals surface area contributed by atoms with Crippen LogP contribution in [0, 0.1) is 24.6 Å². The van der Waals surface area contributed by atoms with E-state index in [1.165, 1.54) is 6.92 Å². The van der Waals surface area contributed by atoms with Crippen molar-refractivity contribution < 1.29 is 8.78 Å². The lowest BCUT2D eigenvalue weighted by molar-refractivity contribution is 0.577. The van der Waals surface area contributed by atoms with E-state index in [1.54, 1.807) is 0 Å². The highest BCUT2D eigenvalue weighted by Crippen LogP contribution is 2.20. The smallest absolute Gasteiger partial charge is 0.148 e. The predicted octanol–water partition coefficient (Wildman–Crippen LogP) is 2.73. The van der Waals surface area contributed by atoms with Crippen LogP contribution in [0.2, 0.25) is 5.02 Å². The Labute approximate surface area is 62.4 Å². The first-order valence-corrected chi connectivity index (χ1v) is 3.02. The van der Waals surface area contributed by atoms with E-state index in [2.05, 4.69) is 6.07 Å². The van der Waals surface area contributed by atoms with Crippen molar-refractivity contribution in [3.8, 4) is 0 Å². The maximum Gasteiger partial charge on any atom is 0.148 e. The second-order valence-electron chi connectivity index (χ2n) is 1.89. The first kappa shape index (κ1) is 7.48. The van der Waals surface area contributed by atoms with Crippen molar-refractivity contribution in [2.45, 2.75) is 6.92 Å². The summed E-state index contributed by atoms with van der Waals surface area (Å²) >= 11 is 5.21. The predicted molar refractivity (Wildman–Crippen MR) is 34.9 cm³/mol. The minimum atomic E-state index is -0.773. The highest BCUT2D eigenvalue weighted by atomic mass is 35.5. The molecule has 53 valence electrons. The average molecular weight is 162 g/mol. The molecule has 0 nitrogen and oxygen atoms in total. The van der Waals surface area contributed by atoms with Gasteiger partial charge in [-0.1, -0.05) is 11.6 Å². The molecule has 10 heavy (non-hydrogen) atoms. The third-order valence-corrected chi connectivity index (χ3v) is 1.49. The molecule has 0 aromatic heterocycles. The molecule has 1 aromatic rings. The molecule has 0 saturated carbocycles. The molecular weight excluding hydrogens is 158 g/mol. The van der Waals surface area contributed by atoms with Crippen molar-refractivity contribution in [2.24, 2.45) is 0 Å². The summed E-state index contributed by atoms with van der Waals surface area (Å²) in [4.78, 5) is 0. The highest BCUT2D eigenvalue weighted by molar-refractivity contribution is 6.30. The van der Waals surface area contributed by atoms with E-state index in [1.807, 2.05) is 0 Å². The second kappa shape index (κ2) is 2.54. The Hall–Kier alpha value is -0.630. The quantitative estimate of drug-likeness (QED) is 0.514. The average Bonchev–Trinajstić information content (AvgIpc) is 1.93. The summed E-state index contributed by atoms with van der Waals surface area (Å²) < 4.78 is 24.9. The fourth-order valence-corrected chi connectivity index (χ4v) is 0.764. The van der Waals surface area contributed by atoms with Crippen molar-refractivity contribution in [1.29, 1.82) is 0 Å². The summed E-state index contributed by atoms with van der Waals surface area (Å²) in [6.07, 6.45) is 0. The Morgan fingerprint density at radius 1 is 1.50 bits per heavy atom. The molecule has 0 atom stereocenters. The normalized spacial score (nSPS) is 10.0. The Morgan fingerprint density at radius 2 is 2.10 bits per heavy atom. The van der Waals surface area contributed by atoms with Crippen LogP contribution in [0.1, 0.15) is 5.56 Å². The molecular formula is C7H4ClF2. The minimum absolute atomic E-state index is 0.228. The lowest BCUT2D eigenvalue weighted by Crippen LogP contribution is -1.87. The van der Waals surface area contributed by atoms with Crippen LogP contribution in [0.5, 0.6) is 0 Å². The van der Waals surface area contributed by atoms with Crippen LogP contribution in [0.25, 0.3) is 0 Å². The van der Waals surface area contributed by atoms with Gasteiger partial charge >= 0.3 is 0 Å². The van der Waals surface area contributed by atoms with Crippen LogP contribution in [-0.2, 0) is 0 Å². The molecule has 1 radical (unpaired) electrons. The van der Waals surface area contributed by atoms with Gasteiger partial charge in [0.25, 0.3) is 0 Å². The zero-order valence-electron chi connectivity index (χ0n) is 5.21. The molecule has 0 fully saturated rings. The monoisotopic (exact) mass is 161 g/mol. The molecule has 1 rings (SSSR count). The maximum absolute atomic E-state index is 12.6. The van der Waals surface area contributed by atoms with E-state index in [4.69, 9.17) is 11.6 Å². The minimum Gasteiger partial charge on any atom is -0.205 e. The Bertz CT molecular complexity index is 231. The lowest BCUT2D eigenvalue weighted by Gasteiger charge is -1.97. The zero-order valence-corrected chi connectivity index (χ0v) is 5.97. The molecule has 1 aromatic carbocycles. The van der Waals surface area contributed by atoms with Crippen molar-refractivity contribution in [3.05, 3.63) is 34.4 Å². The van der Waals surface area contributed by atoms with Gasteiger partial charge in [0.05, 0.1) is 0 Å². The van der Waals surface area contributed by atoms with Crippen LogP contribution in [0.3, 0.4) is 0 Å². The standard InChI is InChI=1S/C7H4ClF2/c1-4-2-3-5(9)6(8)7(4)10/h3H,1H3. The third kappa shape index (κ3) is 1.12. The Morgan fingerprint density at radius 3 is 2.60 bits per heavy atom. The molecule has 0 aliphatic heterocycles. The molecule has 0 aliphatic rings. The Kier molecular flexibility index (Phi) is 1.90. The van der Waals surface area contributed by atoms with Crippen LogP contribution in [0.15, 0.2) is 6.07 Å². The maximum atomic E-state index is 12.6. The van der Waals surface area contributed by atoms with E-state index in [9.17, 15) is 8.78 Å². The second-order valence-corrected chi connectivity index (χ2v) is 2.27. The van der Waals surface area contributed by atoms with E-state index in [0.717, 1.165) is 6.07 Å². The fourth-order valence-electron chi connectivity index (χ4n) is 0.568. The zero-order chi connectivity index (χ0) is 7.72. The first-order valence-electron chi connectivity index (χ1n) is 2.64. The van der Waals surface area contributed by atoms with Gasteiger partial charge in [-0.25, -0.2) is 8.78 Å². The molecule has 0 saturated heterocycles. The van der Waals surface area contributed by atoms with Gasteiger partial charge in [0, 0.05) is 0 Å². The van der Waals surface area contributed by atoms with Crippen molar-refractivity contribution in [1.82, 2.24) is 0 Å². The number of hydrogen-bond acceptors (Lipinski definition) is 0. The Balaban J connectivity index is 3.34. The van der Waals surface area contributed by atoms with Gasteiger partial charge in [-0.2, -0.15) is 0 Å². The van der Waals surface area contributed by atoms with Gasteiger partial charge in [0.15, 0.2) is 0 Å². The highest BCUT2D eigenvalue weighted by Gasteiger charge is 2.07. The molecule has 0 amide bonds. The van der Waals surface area contributed by atoms with E-state index in [0.29, 0.717) is 0 Å². The topological polar surface area (TPSA) is 0 Å². The number of benzene rings is 1. The van der Waals surface area contributed by atoms with E-state index in [-0.39, 0.29) is 5.56 Å². The number of rotatable bonds is 0. The molecule has 0 N–H and O–H groups in total. The van der Waals surface area contributed by atoms with Gasteiger partial charge in [-0.05, 0) is 24.6 Å². The van der Waals surface area contributed by atoms with Gasteiger partial charge in [0.2, 0.25) is 0 Å². The molecule has 0 bridgehead atoms. The third-order valence-electron chi connectivity index (χ3n) is 1.15. The summed E-state index contributed by atoms with van der Waals surface area (Å²) in [5, 5.41) is -0.462. The number of hydrogen-bond donors (Lipinski definition) is 0. The van der Waals surface area contributed by atoms with Crippen LogP contribution < -0.4 is 0 Å². The van der Waals surface area contributed by atoms with Gasteiger partial charge < -0.3 is 0 Å². The van der Waals surface area contributed by atoms with Gasteiger partial charge in [0.1, 0.15) is 16.7 Å². The van der Waals surface area contributed by atoms with Crippen LogP contribution in [-0.4, -0.2) is 0 Å². The summed E-state index contributed by atoms with van der Waals surface area (Å²) in [7, 11) is 0. The SMILES string of the molecule is Cc1[c]cc(F)c(Cl)c1F. The summed E-state index contributed by atoms with van der Waals surface area (Å²) in [5.74, 6) is -1.51. The summed E-state index contributed by atoms with van der Waals surface area (Å²) in [6, 6.07) is 3.39. The van der Waals surface area contributed by atoms with Crippen molar-refractivity contribution >= 4 is 11.6 Å². The van der Waals surface area contributed by atoms with Crippen molar-refractivity contribution in [2.75, 3.05) is 0 Å². The van der Waals surface area contributed by atoms with Gasteiger partial charge in [-0.15, -0.1) is 0 Å². The fraction of sp³-hybridized carbons (Fsp3) is 0.143. The molecule has 0 spiro atoms. The van der Waals surface area contributed by atoms with Gasteiger partial charge in [-0.3, -0.25) is 0 Å². The van der Waals surface area contributed by atoms with Crippen molar-refractivity contribution in [3.63, 3.8) is 0 Å². The van der Waals surface area contributed by atoms with Crippen LogP contribution >= 0.6 is 11.6 Å². The molecule has 0 unspecified atom stereocenters. The summed E-state index contributed by atoms with van der Waals surface area (Å²) in [5.41, 5.74) is 0.228. The van der Waals surface area contributed by atoms with E-state index < -0.39 is 16.7 Å². The number of halogens is 3. The van der Waals surface area contributed by atoms with Crippen LogP contribution in [0.4, 0.5) is 8.78 Å². The number of aryl methyl sites for hydroxylation is 1. The van der Waals surface area contributed by atoms with E-state index >= 15 is 0 Å². The molecule has 3 heteroatoms. The largest absolute Gasteiger partial charge is 0.205 e. The summed E-state index contributed by atoms with van der Waals surface area (Å²) in [6.45, 7) is 1.47. The molecule has 0 aliphatic carbocycles.